The van der Waals surface area contributed by atoms with Crippen LogP contribution in [0.5, 0.6) is 0 Å². The minimum Gasteiger partial charge on any atom is -0.452 e. The summed E-state index contributed by atoms with van der Waals surface area (Å²) >= 11 is 0. The van der Waals surface area contributed by atoms with Gasteiger partial charge < -0.3 is 10.1 Å². The summed E-state index contributed by atoms with van der Waals surface area (Å²) in [7, 11) is 0. The van der Waals surface area contributed by atoms with Crippen LogP contribution in [-0.2, 0) is 16.1 Å². The van der Waals surface area contributed by atoms with Crippen molar-refractivity contribution in [2.75, 3.05) is 11.9 Å². The highest BCUT2D eigenvalue weighted by Crippen LogP contribution is 2.26. The fourth-order valence-corrected chi connectivity index (χ4v) is 3.73. The van der Waals surface area contributed by atoms with Crippen molar-refractivity contribution in [3.63, 3.8) is 0 Å². The molecule has 1 N–H and O–H groups in total. The van der Waals surface area contributed by atoms with Crippen molar-refractivity contribution in [2.45, 2.75) is 20.4 Å². The van der Waals surface area contributed by atoms with Crippen LogP contribution in [-0.4, -0.2) is 35.2 Å². The van der Waals surface area contributed by atoms with Crippen molar-refractivity contribution in [1.29, 1.82) is 0 Å². The maximum atomic E-state index is 12.8. The topological polar surface area (TPSA) is 92.8 Å². The number of hydrogen-bond acceptors (Lipinski definition) is 5. The van der Waals surface area contributed by atoms with Gasteiger partial charge in [0.25, 0.3) is 17.7 Å². The molecule has 0 saturated heterocycles. The average Bonchev–Trinajstić information content (AvgIpc) is 3.05. The number of esters is 1. The molecule has 7 nitrogen and oxygen atoms in total. The molecule has 33 heavy (non-hydrogen) atoms. The van der Waals surface area contributed by atoms with Crippen LogP contribution in [0.3, 0.4) is 0 Å². The van der Waals surface area contributed by atoms with E-state index in [1.165, 1.54) is 18.2 Å². The lowest BCUT2D eigenvalue weighted by atomic mass is 10.1. The zero-order valence-electron chi connectivity index (χ0n) is 18.3. The molecular weight excluding hydrogens is 420 g/mol. The number of fused-ring (bicyclic) bond motifs is 1. The number of anilines is 1. The van der Waals surface area contributed by atoms with Gasteiger partial charge in [-0.1, -0.05) is 48.5 Å². The van der Waals surface area contributed by atoms with Crippen LogP contribution in [0.2, 0.25) is 0 Å². The molecule has 1 aliphatic heterocycles. The first-order valence-electron chi connectivity index (χ1n) is 10.4. The van der Waals surface area contributed by atoms with Gasteiger partial charge in [0.05, 0.1) is 23.2 Å². The third-order valence-corrected chi connectivity index (χ3v) is 5.47. The van der Waals surface area contributed by atoms with Gasteiger partial charge >= 0.3 is 5.97 Å². The summed E-state index contributed by atoms with van der Waals surface area (Å²) in [6.07, 6.45) is 0. The van der Waals surface area contributed by atoms with Gasteiger partial charge in [0.2, 0.25) is 0 Å². The molecule has 4 rings (SSSR count). The van der Waals surface area contributed by atoms with Gasteiger partial charge in [-0.05, 0) is 48.7 Å². The molecule has 3 aromatic rings. The molecule has 3 aromatic carbocycles. The smallest absolute Gasteiger partial charge is 0.338 e. The number of nitrogens with one attached hydrogen (secondary N) is 1. The van der Waals surface area contributed by atoms with Crippen molar-refractivity contribution in [3.05, 3.63) is 100 Å². The van der Waals surface area contributed by atoms with E-state index in [0.29, 0.717) is 5.69 Å². The Morgan fingerprint density at radius 2 is 1.52 bits per heavy atom. The zero-order valence-corrected chi connectivity index (χ0v) is 18.3. The Morgan fingerprint density at radius 1 is 0.848 bits per heavy atom. The molecule has 1 heterocycles. The highest BCUT2D eigenvalue weighted by atomic mass is 16.5. The Labute approximate surface area is 191 Å². The molecule has 0 radical (unpaired) electrons. The first kappa shape index (κ1) is 22.0. The standard InChI is InChI=1S/C26H22N2O5/c1-16-7-6-8-17(2)23(16)27-22(29)15-33-26(32)19-11-12-20-21(13-19)25(31)28(24(20)30)14-18-9-4-3-5-10-18/h3-13H,14-15H2,1-2H3,(H,27,29). The fraction of sp³-hybridized carbons (Fsp3) is 0.154. The van der Waals surface area contributed by atoms with Gasteiger partial charge in [0, 0.05) is 5.69 Å². The van der Waals surface area contributed by atoms with E-state index < -0.39 is 30.3 Å². The third-order valence-electron chi connectivity index (χ3n) is 5.47. The van der Waals surface area contributed by atoms with E-state index in [1.54, 1.807) is 0 Å². The van der Waals surface area contributed by atoms with Crippen molar-refractivity contribution in [1.82, 2.24) is 4.90 Å². The minimum atomic E-state index is -0.754. The van der Waals surface area contributed by atoms with Crippen molar-refractivity contribution in [2.24, 2.45) is 0 Å². The summed E-state index contributed by atoms with van der Waals surface area (Å²) in [6, 6.07) is 19.0. The summed E-state index contributed by atoms with van der Waals surface area (Å²) in [5.74, 6) is -2.11. The Morgan fingerprint density at radius 3 is 2.21 bits per heavy atom. The second-order valence-electron chi connectivity index (χ2n) is 7.83. The molecule has 0 atom stereocenters. The minimum absolute atomic E-state index is 0.0938. The van der Waals surface area contributed by atoms with E-state index in [4.69, 9.17) is 4.74 Å². The average molecular weight is 442 g/mol. The molecule has 0 spiro atoms. The van der Waals surface area contributed by atoms with E-state index in [2.05, 4.69) is 5.32 Å². The van der Waals surface area contributed by atoms with E-state index in [-0.39, 0.29) is 23.2 Å². The monoisotopic (exact) mass is 442 g/mol. The number of rotatable bonds is 6. The quantitative estimate of drug-likeness (QED) is 0.462. The van der Waals surface area contributed by atoms with Crippen LogP contribution in [0, 0.1) is 13.8 Å². The van der Waals surface area contributed by atoms with Gasteiger partial charge in [-0.2, -0.15) is 0 Å². The van der Waals surface area contributed by atoms with Crippen LogP contribution >= 0.6 is 0 Å². The number of imide groups is 1. The summed E-state index contributed by atoms with van der Waals surface area (Å²) in [6.45, 7) is 3.42. The third kappa shape index (κ3) is 4.52. The molecule has 1 aliphatic rings. The van der Waals surface area contributed by atoms with Crippen LogP contribution in [0.25, 0.3) is 0 Å². The molecular formula is C26H22N2O5. The number of benzene rings is 3. The molecule has 0 unspecified atom stereocenters. The molecule has 0 fully saturated rings. The number of aryl methyl sites for hydroxylation is 2. The SMILES string of the molecule is Cc1cccc(C)c1NC(=O)COC(=O)c1ccc2c(c1)C(=O)N(Cc1ccccc1)C2=O. The largest absolute Gasteiger partial charge is 0.452 e. The number of carbonyl (C=O) groups is 4. The Bertz CT molecular complexity index is 1250. The summed E-state index contributed by atoms with van der Waals surface area (Å²) < 4.78 is 5.13. The van der Waals surface area contributed by atoms with E-state index in [1.807, 2.05) is 62.4 Å². The van der Waals surface area contributed by atoms with Gasteiger partial charge in [-0.3, -0.25) is 19.3 Å². The molecule has 7 heteroatoms. The molecule has 166 valence electrons. The lowest BCUT2D eigenvalue weighted by Crippen LogP contribution is -2.29. The van der Waals surface area contributed by atoms with Crippen LogP contribution in [0.15, 0.2) is 66.7 Å². The highest BCUT2D eigenvalue weighted by molar-refractivity contribution is 6.21. The van der Waals surface area contributed by atoms with Gasteiger partial charge in [-0.25, -0.2) is 4.79 Å². The molecule has 0 bridgehead atoms. The fourth-order valence-electron chi connectivity index (χ4n) is 3.73. The maximum Gasteiger partial charge on any atom is 0.338 e. The normalized spacial score (nSPS) is 12.5. The highest BCUT2D eigenvalue weighted by Gasteiger charge is 2.36. The molecule has 0 aromatic heterocycles. The van der Waals surface area contributed by atoms with Crippen LogP contribution in [0.1, 0.15) is 47.8 Å². The number of ether oxygens (including phenoxy) is 1. The lowest BCUT2D eigenvalue weighted by molar-refractivity contribution is -0.119. The maximum absolute atomic E-state index is 12.8. The van der Waals surface area contributed by atoms with E-state index in [9.17, 15) is 19.2 Å². The number of hydrogen-bond donors (Lipinski definition) is 1. The predicted molar refractivity (Wildman–Crippen MR) is 122 cm³/mol. The molecule has 0 aliphatic carbocycles. The van der Waals surface area contributed by atoms with Gasteiger partial charge in [-0.15, -0.1) is 0 Å². The Balaban J connectivity index is 1.42. The van der Waals surface area contributed by atoms with Crippen molar-refractivity contribution < 1.29 is 23.9 Å². The second kappa shape index (κ2) is 9.08. The molecule has 3 amide bonds. The predicted octanol–water partition coefficient (Wildman–Crippen LogP) is 3.90. The molecule has 0 saturated carbocycles. The number of carbonyl (C=O) groups excluding carboxylic acids is 4. The summed E-state index contributed by atoms with van der Waals surface area (Å²) in [4.78, 5) is 51.4. The number of nitrogens with zero attached hydrogens (tertiary/aromatic N) is 1. The van der Waals surface area contributed by atoms with Gasteiger partial charge in [0.1, 0.15) is 0 Å². The second-order valence-corrected chi connectivity index (χ2v) is 7.83. The van der Waals surface area contributed by atoms with Crippen LogP contribution < -0.4 is 5.32 Å². The van der Waals surface area contributed by atoms with E-state index in [0.717, 1.165) is 21.6 Å². The van der Waals surface area contributed by atoms with Crippen molar-refractivity contribution >= 4 is 29.4 Å². The summed E-state index contributed by atoms with van der Waals surface area (Å²) in [5.41, 5.74) is 3.77. The number of amides is 3. The summed E-state index contributed by atoms with van der Waals surface area (Å²) in [5, 5.41) is 2.75. The zero-order chi connectivity index (χ0) is 23.5. The van der Waals surface area contributed by atoms with E-state index >= 15 is 0 Å². The van der Waals surface area contributed by atoms with Crippen LogP contribution in [0.4, 0.5) is 5.69 Å². The first-order valence-corrected chi connectivity index (χ1v) is 10.4. The Hall–Kier alpha value is -4.26. The Kier molecular flexibility index (Phi) is 6.04. The number of para-hydroxylation sites is 1. The van der Waals surface area contributed by atoms with Crippen molar-refractivity contribution in [3.8, 4) is 0 Å². The first-order chi connectivity index (χ1) is 15.8. The van der Waals surface area contributed by atoms with Gasteiger partial charge in [0.15, 0.2) is 6.61 Å². The lowest BCUT2D eigenvalue weighted by Gasteiger charge is -2.13.